The maximum Gasteiger partial charge on any atom is 0.270 e. The molecule has 100 valence electrons. The Morgan fingerprint density at radius 2 is 2.21 bits per heavy atom. The number of fused-ring (bicyclic) bond motifs is 1. The molecular weight excluding hydrogens is 275 g/mol. The Hall–Kier alpha value is -1.83. The summed E-state index contributed by atoms with van der Waals surface area (Å²) in [7, 11) is -3.30. The van der Waals surface area contributed by atoms with E-state index in [2.05, 4.69) is 4.99 Å². The van der Waals surface area contributed by atoms with E-state index in [1.54, 1.807) is 0 Å². The number of nitro benzene ring substituents is 1. The molecule has 2 heterocycles. The van der Waals surface area contributed by atoms with Crippen molar-refractivity contribution >= 4 is 21.2 Å². The molecule has 0 aromatic heterocycles. The summed E-state index contributed by atoms with van der Waals surface area (Å²) < 4.78 is 37.2. The quantitative estimate of drug-likeness (QED) is 0.603. The normalized spacial score (nSPS) is 30.6. The molecule has 0 bridgehead atoms. The van der Waals surface area contributed by atoms with Crippen LogP contribution in [-0.4, -0.2) is 30.1 Å². The van der Waals surface area contributed by atoms with Crippen LogP contribution in [0.3, 0.4) is 0 Å². The van der Waals surface area contributed by atoms with Gasteiger partial charge in [-0.3, -0.25) is 15.1 Å². The Kier molecular flexibility index (Phi) is 2.17. The molecule has 1 aromatic rings. The zero-order valence-electron chi connectivity index (χ0n) is 9.83. The second-order valence-corrected chi connectivity index (χ2v) is 6.94. The zero-order chi connectivity index (χ0) is 14.0. The van der Waals surface area contributed by atoms with E-state index in [-0.39, 0.29) is 17.0 Å². The van der Waals surface area contributed by atoms with Crippen LogP contribution in [0, 0.1) is 15.9 Å². The minimum atomic E-state index is -3.30. The molecule has 1 saturated heterocycles. The van der Waals surface area contributed by atoms with Gasteiger partial charge in [-0.25, -0.2) is 12.8 Å². The molecule has 6 nitrogen and oxygen atoms in total. The molecule has 0 saturated carbocycles. The summed E-state index contributed by atoms with van der Waals surface area (Å²) in [6.07, 6.45) is 0. The zero-order valence-corrected chi connectivity index (χ0v) is 10.6. The van der Waals surface area contributed by atoms with Gasteiger partial charge < -0.3 is 0 Å². The Balaban J connectivity index is 2.14. The standard InChI is InChI=1S/C11H9FN2O4S/c1-11(10-9(13-11)5-19(10,17)18)7-4-6(14(15)16)2-3-8(7)12/h2-4,10H,5H2,1H3. The number of rotatable bonds is 2. The molecule has 8 heteroatoms. The maximum absolute atomic E-state index is 13.8. The van der Waals surface area contributed by atoms with Gasteiger partial charge in [-0.05, 0) is 13.0 Å². The van der Waals surface area contributed by atoms with Crippen molar-refractivity contribution in [3.63, 3.8) is 0 Å². The number of nitro groups is 1. The Morgan fingerprint density at radius 1 is 1.53 bits per heavy atom. The van der Waals surface area contributed by atoms with Gasteiger partial charge in [-0.2, -0.15) is 0 Å². The number of aliphatic imine (C=N–C) groups is 1. The van der Waals surface area contributed by atoms with Crippen LogP contribution in [-0.2, 0) is 15.4 Å². The van der Waals surface area contributed by atoms with Gasteiger partial charge in [0, 0.05) is 23.4 Å². The van der Waals surface area contributed by atoms with E-state index in [0.717, 1.165) is 18.2 Å². The summed E-state index contributed by atoms with van der Waals surface area (Å²) in [6.45, 7) is 1.49. The van der Waals surface area contributed by atoms with Gasteiger partial charge in [0.05, 0.1) is 10.7 Å². The number of benzene rings is 1. The maximum atomic E-state index is 13.8. The lowest BCUT2D eigenvalue weighted by molar-refractivity contribution is -0.385. The van der Waals surface area contributed by atoms with Crippen LogP contribution >= 0.6 is 0 Å². The molecule has 0 amide bonds. The van der Waals surface area contributed by atoms with E-state index in [4.69, 9.17) is 0 Å². The predicted octanol–water partition coefficient (Wildman–Crippen LogP) is 1.20. The van der Waals surface area contributed by atoms with Crippen molar-refractivity contribution in [2.45, 2.75) is 17.7 Å². The van der Waals surface area contributed by atoms with Gasteiger partial charge >= 0.3 is 0 Å². The number of nitrogens with zero attached hydrogens (tertiary/aromatic N) is 2. The second kappa shape index (κ2) is 3.38. The lowest BCUT2D eigenvalue weighted by Gasteiger charge is -2.49. The molecule has 3 rings (SSSR count). The van der Waals surface area contributed by atoms with Crippen molar-refractivity contribution in [1.29, 1.82) is 0 Å². The monoisotopic (exact) mass is 284 g/mol. The minimum absolute atomic E-state index is 0.0428. The molecule has 0 radical (unpaired) electrons. The Bertz CT molecular complexity index is 743. The number of halogens is 1. The summed E-state index contributed by atoms with van der Waals surface area (Å²) in [5.74, 6) is -0.776. The van der Waals surface area contributed by atoms with E-state index in [0.29, 0.717) is 5.71 Å². The third kappa shape index (κ3) is 1.46. The van der Waals surface area contributed by atoms with Crippen LogP contribution in [0.1, 0.15) is 12.5 Å². The van der Waals surface area contributed by atoms with Crippen LogP contribution in [0.25, 0.3) is 0 Å². The van der Waals surface area contributed by atoms with Gasteiger partial charge in [0.2, 0.25) is 0 Å². The van der Waals surface area contributed by atoms with E-state index >= 15 is 0 Å². The summed E-state index contributed by atoms with van der Waals surface area (Å²) >= 11 is 0. The number of hydrogen-bond acceptors (Lipinski definition) is 5. The molecule has 0 N–H and O–H groups in total. The summed E-state index contributed by atoms with van der Waals surface area (Å²) in [5.41, 5.74) is -1.05. The Morgan fingerprint density at radius 3 is 2.74 bits per heavy atom. The van der Waals surface area contributed by atoms with Crippen molar-refractivity contribution in [3.8, 4) is 0 Å². The van der Waals surface area contributed by atoms with Gasteiger partial charge in [0.1, 0.15) is 16.6 Å². The van der Waals surface area contributed by atoms with Crippen molar-refractivity contribution in [2.75, 3.05) is 5.75 Å². The highest BCUT2D eigenvalue weighted by Gasteiger charge is 2.62. The lowest BCUT2D eigenvalue weighted by atomic mass is 9.80. The fourth-order valence-electron chi connectivity index (χ4n) is 2.74. The first kappa shape index (κ1) is 12.2. The van der Waals surface area contributed by atoms with Crippen LogP contribution in [0.5, 0.6) is 0 Å². The molecule has 0 spiro atoms. The highest BCUT2D eigenvalue weighted by atomic mass is 32.2. The largest absolute Gasteiger partial charge is 0.279 e. The first-order chi connectivity index (χ1) is 8.75. The van der Waals surface area contributed by atoms with E-state index < -0.39 is 31.4 Å². The lowest BCUT2D eigenvalue weighted by Crippen LogP contribution is -2.66. The van der Waals surface area contributed by atoms with Crippen molar-refractivity contribution < 1.29 is 17.7 Å². The van der Waals surface area contributed by atoms with Crippen molar-refractivity contribution in [1.82, 2.24) is 0 Å². The summed E-state index contributed by atoms with van der Waals surface area (Å²) in [5, 5.41) is 9.88. The average Bonchev–Trinajstić information content (AvgIpc) is 2.25. The molecular formula is C11H9FN2O4S. The van der Waals surface area contributed by atoms with Crippen molar-refractivity contribution in [2.24, 2.45) is 4.99 Å². The first-order valence-electron chi connectivity index (χ1n) is 5.50. The molecule has 1 fully saturated rings. The molecule has 2 aliphatic rings. The van der Waals surface area contributed by atoms with Crippen LogP contribution in [0.15, 0.2) is 23.2 Å². The molecule has 2 aliphatic heterocycles. The summed E-state index contributed by atoms with van der Waals surface area (Å²) in [6, 6.07) is 3.07. The smallest absolute Gasteiger partial charge is 0.270 e. The average molecular weight is 284 g/mol. The fraction of sp³-hybridized carbons (Fsp3) is 0.364. The molecule has 1 aromatic carbocycles. The molecule has 19 heavy (non-hydrogen) atoms. The van der Waals surface area contributed by atoms with Crippen molar-refractivity contribution in [3.05, 3.63) is 39.7 Å². The Labute approximate surface area is 108 Å². The van der Waals surface area contributed by atoms with Crippen LogP contribution in [0.2, 0.25) is 0 Å². The highest BCUT2D eigenvalue weighted by molar-refractivity contribution is 7.96. The first-order valence-corrected chi connectivity index (χ1v) is 7.22. The fourth-order valence-corrected chi connectivity index (χ4v) is 4.69. The van der Waals surface area contributed by atoms with Crippen LogP contribution in [0.4, 0.5) is 10.1 Å². The van der Waals surface area contributed by atoms with E-state index in [1.807, 2.05) is 0 Å². The highest BCUT2D eigenvalue weighted by Crippen LogP contribution is 2.48. The van der Waals surface area contributed by atoms with Crippen LogP contribution < -0.4 is 0 Å². The van der Waals surface area contributed by atoms with E-state index in [9.17, 15) is 22.9 Å². The van der Waals surface area contributed by atoms with Gasteiger partial charge in [0.25, 0.3) is 5.69 Å². The second-order valence-electron chi connectivity index (χ2n) is 4.86. The van der Waals surface area contributed by atoms with Gasteiger partial charge in [-0.1, -0.05) is 0 Å². The molecule has 2 unspecified atom stereocenters. The van der Waals surface area contributed by atoms with Gasteiger partial charge in [0.15, 0.2) is 9.84 Å². The summed E-state index contributed by atoms with van der Waals surface area (Å²) in [4.78, 5) is 14.2. The molecule has 2 atom stereocenters. The minimum Gasteiger partial charge on any atom is -0.279 e. The third-order valence-corrected chi connectivity index (χ3v) is 5.75. The SMILES string of the molecule is CC1(c2cc([N+](=O)[O-])ccc2F)N=C2CS(=O)(=O)C21. The van der Waals surface area contributed by atoms with Gasteiger partial charge in [-0.15, -0.1) is 0 Å². The third-order valence-electron chi connectivity index (χ3n) is 3.60. The van der Waals surface area contributed by atoms with E-state index in [1.165, 1.54) is 6.92 Å². The number of hydrogen-bond donors (Lipinski definition) is 0. The predicted molar refractivity (Wildman–Crippen MR) is 65.4 cm³/mol. The topological polar surface area (TPSA) is 89.6 Å². The number of non-ortho nitro benzene ring substituents is 1. The molecule has 0 aliphatic carbocycles. The number of sulfone groups is 1.